The van der Waals surface area contributed by atoms with Gasteiger partial charge in [-0.3, -0.25) is 9.48 Å². The molecule has 3 heterocycles. The van der Waals surface area contributed by atoms with Crippen LogP contribution in [0.5, 0.6) is 0 Å². The molecule has 1 saturated carbocycles. The van der Waals surface area contributed by atoms with E-state index in [4.69, 9.17) is 32.6 Å². The summed E-state index contributed by atoms with van der Waals surface area (Å²) in [5.74, 6) is 0.902. The molecule has 1 aromatic heterocycles. The number of rotatable bonds is 5. The van der Waals surface area contributed by atoms with E-state index in [-0.39, 0.29) is 29.5 Å². The minimum Gasteiger partial charge on any atom is -0.444 e. The van der Waals surface area contributed by atoms with Gasteiger partial charge in [0.05, 0.1) is 11.1 Å². The molecule has 2 amide bonds. The van der Waals surface area contributed by atoms with Crippen molar-refractivity contribution in [3.05, 3.63) is 27.9 Å². The predicted molar refractivity (Wildman–Crippen MR) is 178 cm³/mol. The Morgan fingerprint density at radius 2 is 1.80 bits per heavy atom. The van der Waals surface area contributed by atoms with Crippen LogP contribution in [0.25, 0.3) is 11.1 Å². The summed E-state index contributed by atoms with van der Waals surface area (Å²) in [6, 6.07) is 2.09. The fraction of sp³-hybridized carbons (Fsp3) is 0.636. The largest absolute Gasteiger partial charge is 0.444 e. The molecule has 2 aliphatic heterocycles. The number of hydrogen-bond donors (Lipinski definition) is 2. The van der Waals surface area contributed by atoms with E-state index in [2.05, 4.69) is 23.4 Å². The number of piperazine rings is 1. The number of nitrogens with one attached hydrogen (secondary N) is 1. The number of amides is 2. The first-order chi connectivity index (χ1) is 20.7. The molecule has 1 aromatic carbocycles. The number of ether oxygens (including phenoxy) is 1. The fourth-order valence-corrected chi connectivity index (χ4v) is 7.20. The summed E-state index contributed by atoms with van der Waals surface area (Å²) >= 11 is 6.99. The highest BCUT2D eigenvalue weighted by Gasteiger charge is 2.55. The molecule has 10 nitrogen and oxygen atoms in total. The zero-order chi connectivity index (χ0) is 32.7. The number of aryl methyl sites for hydroxylation is 1. The first-order valence-corrected chi connectivity index (χ1v) is 16.2. The summed E-state index contributed by atoms with van der Waals surface area (Å²) in [6.07, 6.45) is 3.72. The molecule has 5 rings (SSSR count). The third-order valence-electron chi connectivity index (χ3n) is 9.10. The van der Waals surface area contributed by atoms with Gasteiger partial charge in [-0.05, 0) is 65.5 Å². The van der Waals surface area contributed by atoms with Crippen LogP contribution in [0.4, 0.5) is 16.3 Å². The Balaban J connectivity index is 0.00000216. The molecule has 242 valence electrons. The lowest BCUT2D eigenvalue weighted by Gasteiger charge is -2.58. The maximum atomic E-state index is 12.5. The summed E-state index contributed by atoms with van der Waals surface area (Å²) in [5, 5.41) is 14.0. The summed E-state index contributed by atoms with van der Waals surface area (Å²) in [6.45, 7) is 20.7. The van der Waals surface area contributed by atoms with Gasteiger partial charge in [0.15, 0.2) is 5.82 Å². The first-order valence-electron chi connectivity index (χ1n) is 15.9. The van der Waals surface area contributed by atoms with Crippen molar-refractivity contribution in [2.24, 2.45) is 5.41 Å². The van der Waals surface area contributed by atoms with E-state index in [0.717, 1.165) is 47.5 Å². The van der Waals surface area contributed by atoms with Crippen molar-refractivity contribution in [3.8, 4) is 11.1 Å². The number of carbonyl (C=O) groups excluding carboxylic acids is 2. The fourth-order valence-electron chi connectivity index (χ4n) is 6.95. The van der Waals surface area contributed by atoms with Gasteiger partial charge < -0.3 is 30.6 Å². The van der Waals surface area contributed by atoms with Crippen molar-refractivity contribution in [2.45, 2.75) is 99.3 Å². The van der Waals surface area contributed by atoms with Crippen LogP contribution in [0.3, 0.4) is 0 Å². The molecule has 2 aromatic rings. The maximum Gasteiger partial charge on any atom is 0.410 e. The Bertz CT molecular complexity index is 1420. The van der Waals surface area contributed by atoms with Gasteiger partial charge in [-0.1, -0.05) is 32.4 Å². The number of anilines is 2. The van der Waals surface area contributed by atoms with Gasteiger partial charge in [-0.15, -0.1) is 0 Å². The second-order valence-electron chi connectivity index (χ2n) is 13.4. The second-order valence-corrected chi connectivity index (χ2v) is 13.8. The van der Waals surface area contributed by atoms with Crippen LogP contribution in [-0.4, -0.2) is 82.2 Å². The molecule has 2 saturated heterocycles. The number of likely N-dealkylation sites (tertiary alicyclic amines) is 1. The van der Waals surface area contributed by atoms with Gasteiger partial charge >= 0.3 is 6.09 Å². The Morgan fingerprint density at radius 3 is 2.34 bits per heavy atom. The topological polar surface area (TPSA) is 121 Å². The molecular weight excluding hydrogens is 578 g/mol. The zero-order valence-electron chi connectivity index (χ0n) is 27.9. The average Bonchev–Trinajstić information content (AvgIpc) is 3.24. The SMILES string of the molecule is CC.CCC1CN(C(C)=O)CCN1c1nn(C2CC3(C2)CN(C(=O)OC(C)(C)C)C3)c(C)c1-c1c(Cl)c(C)cc(N)c1C=N. The van der Waals surface area contributed by atoms with E-state index in [9.17, 15) is 9.59 Å². The summed E-state index contributed by atoms with van der Waals surface area (Å²) < 4.78 is 7.69. The van der Waals surface area contributed by atoms with Gasteiger partial charge in [0.1, 0.15) is 5.60 Å². The minimum atomic E-state index is -0.511. The van der Waals surface area contributed by atoms with Crippen molar-refractivity contribution >= 4 is 41.3 Å². The average molecular weight is 628 g/mol. The van der Waals surface area contributed by atoms with E-state index in [1.54, 1.807) is 11.8 Å². The number of benzene rings is 1. The Hall–Kier alpha value is -3.27. The van der Waals surface area contributed by atoms with Gasteiger partial charge in [0.25, 0.3) is 0 Å². The van der Waals surface area contributed by atoms with Crippen LogP contribution in [0.1, 0.15) is 90.6 Å². The summed E-state index contributed by atoms with van der Waals surface area (Å²) in [4.78, 5) is 30.8. The van der Waals surface area contributed by atoms with Gasteiger partial charge in [-0.25, -0.2) is 4.79 Å². The number of carbonyl (C=O) groups is 2. The number of nitrogens with zero attached hydrogens (tertiary/aromatic N) is 5. The highest BCUT2D eigenvalue weighted by atomic mass is 35.5. The molecule has 1 atom stereocenters. The molecule has 3 aliphatic rings. The highest BCUT2D eigenvalue weighted by Crippen LogP contribution is 2.55. The third-order valence-corrected chi connectivity index (χ3v) is 9.59. The lowest BCUT2D eigenvalue weighted by atomic mass is 9.61. The first kappa shape index (κ1) is 33.6. The monoisotopic (exact) mass is 627 g/mol. The lowest BCUT2D eigenvalue weighted by molar-refractivity contribution is -0.129. The number of hydrogen-bond acceptors (Lipinski definition) is 7. The summed E-state index contributed by atoms with van der Waals surface area (Å²) in [7, 11) is 0. The van der Waals surface area contributed by atoms with Crippen molar-refractivity contribution < 1.29 is 14.3 Å². The maximum absolute atomic E-state index is 12.5. The quantitative estimate of drug-likeness (QED) is 0.290. The molecule has 44 heavy (non-hydrogen) atoms. The van der Waals surface area contributed by atoms with Crippen molar-refractivity contribution in [3.63, 3.8) is 0 Å². The van der Waals surface area contributed by atoms with Crippen LogP contribution in [0.15, 0.2) is 6.07 Å². The van der Waals surface area contributed by atoms with Crippen molar-refractivity contribution in [2.75, 3.05) is 43.4 Å². The van der Waals surface area contributed by atoms with Crippen LogP contribution in [0.2, 0.25) is 5.02 Å². The molecule has 0 bridgehead atoms. The molecule has 1 spiro atoms. The van der Waals surface area contributed by atoms with Crippen molar-refractivity contribution in [1.29, 1.82) is 5.41 Å². The van der Waals surface area contributed by atoms with E-state index in [1.807, 2.05) is 52.5 Å². The van der Waals surface area contributed by atoms with Crippen LogP contribution < -0.4 is 10.6 Å². The van der Waals surface area contributed by atoms with E-state index in [0.29, 0.717) is 49.0 Å². The molecule has 1 unspecified atom stereocenters. The predicted octanol–water partition coefficient (Wildman–Crippen LogP) is 6.45. The minimum absolute atomic E-state index is 0.0799. The number of nitrogen functional groups attached to an aromatic ring is 1. The number of aromatic nitrogens is 2. The van der Waals surface area contributed by atoms with Crippen LogP contribution in [-0.2, 0) is 9.53 Å². The van der Waals surface area contributed by atoms with Gasteiger partial charge in [-0.2, -0.15) is 5.10 Å². The molecule has 3 fully saturated rings. The molecule has 3 N–H and O–H groups in total. The van der Waals surface area contributed by atoms with Crippen LogP contribution in [0, 0.1) is 24.7 Å². The third kappa shape index (κ3) is 6.14. The van der Waals surface area contributed by atoms with E-state index >= 15 is 0 Å². The van der Waals surface area contributed by atoms with E-state index in [1.165, 1.54) is 6.21 Å². The van der Waals surface area contributed by atoms with Gasteiger partial charge in [0, 0.05) is 85.4 Å². The molecular formula is C33H50ClN7O3. The number of nitrogens with two attached hydrogens (primary N) is 1. The Labute approximate surface area is 267 Å². The lowest BCUT2D eigenvalue weighted by Crippen LogP contribution is -2.64. The summed E-state index contributed by atoms with van der Waals surface area (Å²) in [5.41, 5.74) is 10.6. The normalized spacial score (nSPS) is 19.6. The van der Waals surface area contributed by atoms with E-state index < -0.39 is 5.60 Å². The standard InChI is InChI=1S/C31H44ClN7O3.C2H6/c1-8-21-15-36(20(4)40)9-10-38(21)28-25(26-23(14-33)24(34)11-18(2)27(26)32)19(3)39(35-28)22-12-31(13-22)16-37(17-31)29(41)42-30(5,6)7;1-2/h11,14,21-22,33H,8-10,12-13,15-17,34H2,1-7H3;1-2H3. The molecule has 1 aliphatic carbocycles. The smallest absolute Gasteiger partial charge is 0.410 e. The molecule has 0 radical (unpaired) electrons. The number of halogens is 1. The van der Waals surface area contributed by atoms with Crippen LogP contribution >= 0.6 is 11.6 Å². The highest BCUT2D eigenvalue weighted by molar-refractivity contribution is 6.35. The Kier molecular flexibility index (Phi) is 9.64. The molecule has 11 heteroatoms. The second kappa shape index (κ2) is 12.6. The Morgan fingerprint density at radius 1 is 1.16 bits per heavy atom. The van der Waals surface area contributed by atoms with Crippen molar-refractivity contribution in [1.82, 2.24) is 19.6 Å². The van der Waals surface area contributed by atoms with Gasteiger partial charge in [0.2, 0.25) is 5.91 Å². The zero-order valence-corrected chi connectivity index (χ0v) is 28.6.